The van der Waals surface area contributed by atoms with Gasteiger partial charge >= 0.3 is 0 Å². The molecule has 0 saturated carbocycles. The molecule has 3 heterocycles. The van der Waals surface area contributed by atoms with Crippen LogP contribution in [0.4, 0.5) is 5.82 Å². The van der Waals surface area contributed by atoms with E-state index in [4.69, 9.17) is 4.98 Å². The van der Waals surface area contributed by atoms with Crippen molar-refractivity contribution in [1.82, 2.24) is 14.9 Å². The third-order valence-corrected chi connectivity index (χ3v) is 5.66. The van der Waals surface area contributed by atoms with Crippen LogP contribution in [0.15, 0.2) is 22.0 Å². The van der Waals surface area contributed by atoms with Crippen molar-refractivity contribution < 1.29 is 4.79 Å². The van der Waals surface area contributed by atoms with E-state index in [2.05, 4.69) is 39.7 Å². The van der Waals surface area contributed by atoms with E-state index < -0.39 is 0 Å². The van der Waals surface area contributed by atoms with E-state index >= 15 is 0 Å². The zero-order valence-corrected chi connectivity index (χ0v) is 16.5. The summed E-state index contributed by atoms with van der Waals surface area (Å²) in [5.41, 5.74) is 0.991. The Balaban J connectivity index is 1.68. The van der Waals surface area contributed by atoms with Gasteiger partial charge in [0, 0.05) is 43.9 Å². The first-order chi connectivity index (χ1) is 11.4. The molecule has 5 nitrogen and oxygen atoms in total. The Labute approximate surface area is 154 Å². The van der Waals surface area contributed by atoms with Crippen LogP contribution in [0.1, 0.15) is 41.0 Å². The van der Waals surface area contributed by atoms with Gasteiger partial charge in [-0.2, -0.15) is 0 Å². The molecule has 1 saturated heterocycles. The minimum Gasteiger partial charge on any atom is -0.353 e. The van der Waals surface area contributed by atoms with Gasteiger partial charge in [-0.1, -0.05) is 13.8 Å². The first kappa shape index (κ1) is 17.4. The molecule has 0 unspecified atom stereocenters. The Hall–Kier alpha value is -1.47. The molecule has 128 valence electrons. The van der Waals surface area contributed by atoms with Gasteiger partial charge in [-0.15, -0.1) is 11.3 Å². The molecule has 0 bridgehead atoms. The molecule has 0 aliphatic carbocycles. The summed E-state index contributed by atoms with van der Waals surface area (Å²) >= 11 is 4.90. The molecular formula is C17H21BrN4OS. The van der Waals surface area contributed by atoms with Crippen LogP contribution in [0.3, 0.4) is 0 Å². The standard InChI is InChI=1S/C17H21BrN4OS/c1-11(2)16-19-12(3)10-15(20-16)21-6-8-22(9-7-21)17(23)13-4-5-14(18)24-13/h4-5,10-11H,6-9H2,1-3H3. The number of carbonyl (C=O) groups is 1. The first-order valence-corrected chi connectivity index (χ1v) is 9.70. The number of hydrogen-bond acceptors (Lipinski definition) is 5. The number of piperazine rings is 1. The number of aryl methyl sites for hydroxylation is 1. The third-order valence-electron chi connectivity index (χ3n) is 4.05. The highest BCUT2D eigenvalue weighted by atomic mass is 79.9. The number of halogens is 1. The average molecular weight is 409 g/mol. The lowest BCUT2D eigenvalue weighted by atomic mass is 10.2. The molecule has 0 atom stereocenters. The van der Waals surface area contributed by atoms with Crippen LogP contribution < -0.4 is 4.90 Å². The average Bonchev–Trinajstić information content (AvgIpc) is 3.00. The minimum atomic E-state index is 0.118. The summed E-state index contributed by atoms with van der Waals surface area (Å²) in [6.07, 6.45) is 0. The van der Waals surface area contributed by atoms with Crippen LogP contribution in [-0.4, -0.2) is 47.0 Å². The molecule has 1 amide bonds. The lowest BCUT2D eigenvalue weighted by Gasteiger charge is -2.35. The van der Waals surface area contributed by atoms with Gasteiger partial charge in [0.05, 0.1) is 8.66 Å². The van der Waals surface area contributed by atoms with Crippen LogP contribution in [0.2, 0.25) is 0 Å². The predicted octanol–water partition coefficient (Wildman–Crippen LogP) is 3.69. The Bertz CT molecular complexity index is 738. The molecule has 1 fully saturated rings. The normalized spacial score (nSPS) is 15.2. The molecule has 7 heteroatoms. The largest absolute Gasteiger partial charge is 0.353 e. The summed E-state index contributed by atoms with van der Waals surface area (Å²) in [5, 5.41) is 0. The quantitative estimate of drug-likeness (QED) is 0.776. The maximum atomic E-state index is 12.5. The summed E-state index contributed by atoms with van der Waals surface area (Å²) in [6, 6.07) is 5.83. The van der Waals surface area contributed by atoms with Crippen LogP contribution in [0.25, 0.3) is 0 Å². The minimum absolute atomic E-state index is 0.118. The number of rotatable bonds is 3. The number of hydrogen-bond donors (Lipinski definition) is 0. The lowest BCUT2D eigenvalue weighted by molar-refractivity contribution is 0.0751. The molecular weight excluding hydrogens is 388 g/mol. The maximum Gasteiger partial charge on any atom is 0.264 e. The maximum absolute atomic E-state index is 12.5. The lowest BCUT2D eigenvalue weighted by Crippen LogP contribution is -2.49. The van der Waals surface area contributed by atoms with E-state index in [0.29, 0.717) is 19.0 Å². The molecule has 1 aliphatic rings. The number of carbonyl (C=O) groups excluding carboxylic acids is 1. The highest BCUT2D eigenvalue weighted by Gasteiger charge is 2.24. The van der Waals surface area contributed by atoms with Gasteiger partial charge in [-0.05, 0) is 35.0 Å². The van der Waals surface area contributed by atoms with Crippen LogP contribution in [-0.2, 0) is 0 Å². The van der Waals surface area contributed by atoms with Crippen molar-refractivity contribution in [2.45, 2.75) is 26.7 Å². The summed E-state index contributed by atoms with van der Waals surface area (Å²) < 4.78 is 0.988. The molecule has 2 aromatic heterocycles. The van der Waals surface area contributed by atoms with E-state index in [9.17, 15) is 4.79 Å². The summed E-state index contributed by atoms with van der Waals surface area (Å²) in [7, 11) is 0. The number of aromatic nitrogens is 2. The molecule has 1 aliphatic heterocycles. The highest BCUT2D eigenvalue weighted by molar-refractivity contribution is 9.11. The summed E-state index contributed by atoms with van der Waals surface area (Å²) in [6.45, 7) is 9.25. The highest BCUT2D eigenvalue weighted by Crippen LogP contribution is 2.24. The molecule has 0 radical (unpaired) electrons. The summed E-state index contributed by atoms with van der Waals surface area (Å²) in [5.74, 6) is 2.28. The van der Waals surface area contributed by atoms with E-state index in [1.807, 2.05) is 30.0 Å². The second-order valence-corrected chi connectivity index (χ2v) is 8.73. The Kier molecular flexibility index (Phi) is 5.20. The van der Waals surface area contributed by atoms with Crippen LogP contribution >= 0.6 is 27.3 Å². The predicted molar refractivity (Wildman–Crippen MR) is 101 cm³/mol. The van der Waals surface area contributed by atoms with E-state index in [0.717, 1.165) is 39.1 Å². The van der Waals surface area contributed by atoms with Gasteiger partial charge in [0.2, 0.25) is 0 Å². The van der Waals surface area contributed by atoms with Gasteiger partial charge in [0.25, 0.3) is 5.91 Å². The molecule has 3 rings (SSSR count). The Morgan fingerprint density at radius 3 is 2.50 bits per heavy atom. The van der Waals surface area contributed by atoms with Gasteiger partial charge in [0.1, 0.15) is 11.6 Å². The Morgan fingerprint density at radius 2 is 1.92 bits per heavy atom. The monoisotopic (exact) mass is 408 g/mol. The molecule has 0 aromatic carbocycles. The fraction of sp³-hybridized carbons (Fsp3) is 0.471. The van der Waals surface area contributed by atoms with Crippen molar-refractivity contribution >= 4 is 39.0 Å². The number of amides is 1. The number of nitrogens with zero attached hydrogens (tertiary/aromatic N) is 4. The van der Waals surface area contributed by atoms with Gasteiger partial charge in [-0.3, -0.25) is 4.79 Å². The van der Waals surface area contributed by atoms with Crippen molar-refractivity contribution in [1.29, 1.82) is 0 Å². The summed E-state index contributed by atoms with van der Waals surface area (Å²) in [4.78, 5) is 26.7. The SMILES string of the molecule is Cc1cc(N2CCN(C(=O)c3ccc(Br)s3)CC2)nc(C(C)C)n1. The molecule has 2 aromatic rings. The zero-order chi connectivity index (χ0) is 17.3. The fourth-order valence-corrected chi connectivity index (χ4v) is 4.07. The number of anilines is 1. The van der Waals surface area contributed by atoms with Gasteiger partial charge < -0.3 is 9.80 Å². The molecule has 0 spiro atoms. The van der Waals surface area contributed by atoms with Crippen molar-refractivity contribution in [3.05, 3.63) is 38.4 Å². The van der Waals surface area contributed by atoms with Crippen LogP contribution in [0.5, 0.6) is 0 Å². The van der Waals surface area contributed by atoms with Crippen molar-refractivity contribution in [3.8, 4) is 0 Å². The van der Waals surface area contributed by atoms with Crippen molar-refractivity contribution in [2.24, 2.45) is 0 Å². The van der Waals surface area contributed by atoms with Crippen LogP contribution in [0, 0.1) is 6.92 Å². The second-order valence-electron chi connectivity index (χ2n) is 6.26. The fourth-order valence-electron chi connectivity index (χ4n) is 2.72. The second kappa shape index (κ2) is 7.19. The van der Waals surface area contributed by atoms with Crippen molar-refractivity contribution in [2.75, 3.05) is 31.1 Å². The van der Waals surface area contributed by atoms with E-state index in [1.165, 1.54) is 11.3 Å². The van der Waals surface area contributed by atoms with Crippen molar-refractivity contribution in [3.63, 3.8) is 0 Å². The van der Waals surface area contributed by atoms with E-state index in [-0.39, 0.29) is 5.91 Å². The molecule has 24 heavy (non-hydrogen) atoms. The van der Waals surface area contributed by atoms with Gasteiger partial charge in [0.15, 0.2) is 0 Å². The molecule has 0 N–H and O–H groups in total. The first-order valence-electron chi connectivity index (χ1n) is 8.09. The zero-order valence-electron chi connectivity index (χ0n) is 14.1. The van der Waals surface area contributed by atoms with E-state index in [1.54, 1.807) is 0 Å². The number of thiophene rings is 1. The smallest absolute Gasteiger partial charge is 0.264 e. The van der Waals surface area contributed by atoms with Gasteiger partial charge in [-0.25, -0.2) is 9.97 Å². The Morgan fingerprint density at radius 1 is 1.21 bits per heavy atom. The topological polar surface area (TPSA) is 49.3 Å². The third kappa shape index (κ3) is 3.78.